The van der Waals surface area contributed by atoms with E-state index in [1.165, 1.54) is 0 Å². The highest BCUT2D eigenvalue weighted by Crippen LogP contribution is 2.47. The molecule has 2 aliphatic rings. The third kappa shape index (κ3) is 3.26. The van der Waals surface area contributed by atoms with E-state index in [-0.39, 0.29) is 5.91 Å². The lowest BCUT2D eigenvalue weighted by molar-refractivity contribution is -0.139. The average Bonchev–Trinajstić information content (AvgIpc) is 2.77. The van der Waals surface area contributed by atoms with Crippen molar-refractivity contribution in [2.24, 2.45) is 0 Å². The number of rotatable bonds is 3. The first kappa shape index (κ1) is 20.1. The Kier molecular flexibility index (Phi) is 4.81. The monoisotopic (exact) mass is 430 g/mol. The summed E-state index contributed by atoms with van der Waals surface area (Å²) >= 11 is 0. The first-order valence-corrected chi connectivity index (χ1v) is 10.4. The van der Waals surface area contributed by atoms with Crippen LogP contribution in [0.2, 0.25) is 0 Å². The van der Waals surface area contributed by atoms with Crippen LogP contribution in [0.25, 0.3) is 0 Å². The number of pyridine rings is 1. The van der Waals surface area contributed by atoms with Crippen molar-refractivity contribution < 1.29 is 24.2 Å². The molecule has 3 heterocycles. The summed E-state index contributed by atoms with van der Waals surface area (Å²) in [7, 11) is 0. The van der Waals surface area contributed by atoms with E-state index in [9.17, 15) is 14.7 Å². The number of anilines is 1. The summed E-state index contributed by atoms with van der Waals surface area (Å²) in [5.74, 6) is -1.05. The third-order valence-corrected chi connectivity index (χ3v) is 5.86. The summed E-state index contributed by atoms with van der Waals surface area (Å²) in [6.45, 7) is 4.58. The van der Waals surface area contributed by atoms with Gasteiger partial charge in [0, 0.05) is 22.6 Å². The molecule has 7 heteroatoms. The van der Waals surface area contributed by atoms with Gasteiger partial charge in [-0.15, -0.1) is 0 Å². The molecule has 5 rings (SSSR count). The predicted molar refractivity (Wildman–Crippen MR) is 118 cm³/mol. The Morgan fingerprint density at radius 1 is 1.00 bits per heavy atom. The van der Waals surface area contributed by atoms with Crippen molar-refractivity contribution in [2.75, 3.05) is 18.1 Å². The fraction of sp³-hybridized carbons (Fsp3) is 0.240. The van der Waals surface area contributed by atoms with E-state index in [1.54, 1.807) is 41.3 Å². The van der Waals surface area contributed by atoms with Crippen LogP contribution in [0, 0.1) is 13.8 Å². The van der Waals surface area contributed by atoms with Crippen molar-refractivity contribution in [2.45, 2.75) is 25.8 Å². The number of ether oxygens (including phenoxy) is 2. The summed E-state index contributed by atoms with van der Waals surface area (Å²) < 4.78 is 11.4. The molecule has 7 nitrogen and oxygen atoms in total. The van der Waals surface area contributed by atoms with Gasteiger partial charge in [0.15, 0.2) is 11.5 Å². The molecule has 2 aromatic carbocycles. The van der Waals surface area contributed by atoms with Crippen LogP contribution in [0.5, 0.6) is 11.5 Å². The summed E-state index contributed by atoms with van der Waals surface area (Å²) in [6.07, 6.45) is 0. The summed E-state index contributed by atoms with van der Waals surface area (Å²) in [5.41, 5.74) is 3.67. The number of aromatic nitrogens is 1. The Hall–Kier alpha value is -3.87. The summed E-state index contributed by atoms with van der Waals surface area (Å²) in [6, 6.07) is 15.1. The second-order valence-corrected chi connectivity index (χ2v) is 8.03. The van der Waals surface area contributed by atoms with Crippen LogP contribution in [0.3, 0.4) is 0 Å². The fourth-order valence-corrected chi connectivity index (χ4v) is 4.62. The SMILES string of the molecule is Cc1cc(N2C(=O)c3ccccc3[C@H](C(=O)O)[C@H]2c2ccc3c(c2)OCCO3)cc(C)n1. The number of hydrogen-bond donors (Lipinski definition) is 1. The van der Waals surface area contributed by atoms with Crippen molar-refractivity contribution in [3.8, 4) is 11.5 Å². The lowest BCUT2D eigenvalue weighted by atomic mass is 9.79. The number of amides is 1. The number of carboxylic acid groups (broad SMARTS) is 1. The summed E-state index contributed by atoms with van der Waals surface area (Å²) in [5, 5.41) is 10.3. The number of aryl methyl sites for hydroxylation is 2. The molecule has 0 radical (unpaired) electrons. The molecule has 0 aliphatic carbocycles. The Morgan fingerprint density at radius 3 is 2.41 bits per heavy atom. The molecule has 0 saturated carbocycles. The maximum atomic E-state index is 13.7. The zero-order chi connectivity index (χ0) is 22.4. The van der Waals surface area contributed by atoms with Gasteiger partial charge in [-0.05, 0) is 55.3 Å². The van der Waals surface area contributed by atoms with Crippen molar-refractivity contribution in [1.82, 2.24) is 4.98 Å². The maximum absolute atomic E-state index is 13.7. The van der Waals surface area contributed by atoms with E-state index in [4.69, 9.17) is 9.47 Å². The van der Waals surface area contributed by atoms with Gasteiger partial charge in [0.25, 0.3) is 5.91 Å². The standard InChI is InChI=1S/C25H22N2O5/c1-14-11-17(12-15(2)26-14)27-23(16-7-8-20-21(13-16)32-10-9-31-20)22(25(29)30)18-5-3-4-6-19(18)24(27)28/h3-8,11-13,22-23H,9-10H2,1-2H3,(H,29,30)/t22-,23+/m0/s1. The number of carboxylic acids is 1. The first-order valence-electron chi connectivity index (χ1n) is 10.4. The third-order valence-electron chi connectivity index (χ3n) is 5.86. The minimum Gasteiger partial charge on any atom is -0.486 e. The Balaban J connectivity index is 1.76. The van der Waals surface area contributed by atoms with Gasteiger partial charge < -0.3 is 14.6 Å². The zero-order valence-corrected chi connectivity index (χ0v) is 17.7. The highest BCUT2D eigenvalue weighted by atomic mass is 16.6. The van der Waals surface area contributed by atoms with Crippen LogP contribution < -0.4 is 14.4 Å². The molecule has 0 saturated heterocycles. The number of carbonyl (C=O) groups is 2. The van der Waals surface area contributed by atoms with Crippen LogP contribution in [-0.2, 0) is 4.79 Å². The number of fused-ring (bicyclic) bond motifs is 2. The van der Waals surface area contributed by atoms with E-state index in [0.29, 0.717) is 47.1 Å². The highest BCUT2D eigenvalue weighted by molar-refractivity contribution is 6.11. The zero-order valence-electron chi connectivity index (χ0n) is 17.7. The van der Waals surface area contributed by atoms with E-state index in [1.807, 2.05) is 32.0 Å². The topological polar surface area (TPSA) is 89.0 Å². The van der Waals surface area contributed by atoms with Crippen molar-refractivity contribution in [3.63, 3.8) is 0 Å². The molecular formula is C25H22N2O5. The van der Waals surface area contributed by atoms with Gasteiger partial charge in [-0.25, -0.2) is 0 Å². The van der Waals surface area contributed by atoms with E-state index < -0.39 is 17.9 Å². The molecule has 3 aromatic rings. The molecule has 162 valence electrons. The Morgan fingerprint density at radius 2 is 1.69 bits per heavy atom. The maximum Gasteiger partial charge on any atom is 0.313 e. The quantitative estimate of drug-likeness (QED) is 0.675. The molecule has 0 fully saturated rings. The lowest BCUT2D eigenvalue weighted by Gasteiger charge is -2.41. The van der Waals surface area contributed by atoms with Crippen LogP contribution >= 0.6 is 0 Å². The van der Waals surface area contributed by atoms with Crippen LogP contribution in [0.1, 0.15) is 44.8 Å². The largest absolute Gasteiger partial charge is 0.486 e. The van der Waals surface area contributed by atoms with Gasteiger partial charge in [-0.3, -0.25) is 19.5 Å². The molecule has 1 aromatic heterocycles. The fourth-order valence-electron chi connectivity index (χ4n) is 4.62. The molecule has 0 bridgehead atoms. The van der Waals surface area contributed by atoms with Crippen molar-refractivity contribution in [1.29, 1.82) is 0 Å². The number of carbonyl (C=O) groups excluding carboxylic acids is 1. The number of benzene rings is 2. The van der Waals surface area contributed by atoms with Crippen LogP contribution in [0.4, 0.5) is 5.69 Å². The molecule has 32 heavy (non-hydrogen) atoms. The van der Waals surface area contributed by atoms with Gasteiger partial charge in [0.05, 0.1) is 6.04 Å². The molecule has 0 unspecified atom stereocenters. The Labute approximate surface area is 185 Å². The second kappa shape index (κ2) is 7.67. The number of hydrogen-bond acceptors (Lipinski definition) is 5. The lowest BCUT2D eigenvalue weighted by Crippen LogP contribution is -2.45. The van der Waals surface area contributed by atoms with E-state index >= 15 is 0 Å². The highest BCUT2D eigenvalue weighted by Gasteiger charge is 2.45. The average molecular weight is 430 g/mol. The molecule has 0 spiro atoms. The Bertz CT molecular complexity index is 1220. The van der Waals surface area contributed by atoms with Crippen molar-refractivity contribution >= 4 is 17.6 Å². The molecule has 1 N–H and O–H groups in total. The van der Waals surface area contributed by atoms with Crippen molar-refractivity contribution in [3.05, 3.63) is 82.7 Å². The normalized spacial score (nSPS) is 19.4. The molecule has 1 amide bonds. The predicted octanol–water partition coefficient (Wildman–Crippen LogP) is 4.04. The van der Waals surface area contributed by atoms with E-state index in [2.05, 4.69) is 4.98 Å². The smallest absolute Gasteiger partial charge is 0.313 e. The van der Waals surface area contributed by atoms with Crippen LogP contribution in [0.15, 0.2) is 54.6 Å². The van der Waals surface area contributed by atoms with E-state index in [0.717, 1.165) is 11.4 Å². The molecule has 2 atom stereocenters. The minimum absolute atomic E-state index is 0.247. The second-order valence-electron chi connectivity index (χ2n) is 8.03. The van der Waals surface area contributed by atoms with Gasteiger partial charge in [-0.2, -0.15) is 0 Å². The minimum atomic E-state index is -1.00. The van der Waals surface area contributed by atoms with Gasteiger partial charge in [0.1, 0.15) is 19.1 Å². The van der Waals surface area contributed by atoms with Crippen LogP contribution in [-0.4, -0.2) is 35.2 Å². The van der Waals surface area contributed by atoms with Gasteiger partial charge in [-0.1, -0.05) is 24.3 Å². The number of aliphatic carboxylic acids is 1. The van der Waals surface area contributed by atoms with Gasteiger partial charge >= 0.3 is 5.97 Å². The molecule has 2 aliphatic heterocycles. The summed E-state index contributed by atoms with van der Waals surface area (Å²) in [4.78, 5) is 32.3. The first-order chi connectivity index (χ1) is 15.4. The number of nitrogens with zero attached hydrogens (tertiary/aromatic N) is 2. The van der Waals surface area contributed by atoms with Gasteiger partial charge in [0.2, 0.25) is 0 Å². The molecular weight excluding hydrogens is 408 g/mol.